The molecular weight excluding hydrogens is 304 g/mol. The molecule has 0 N–H and O–H groups in total. The van der Waals surface area contributed by atoms with Gasteiger partial charge in [0.05, 0.1) is 24.4 Å². The van der Waals surface area contributed by atoms with E-state index in [1.165, 1.54) is 0 Å². The molecule has 1 saturated heterocycles. The number of hydrogen-bond acceptors (Lipinski definition) is 5. The van der Waals surface area contributed by atoms with Crippen molar-refractivity contribution in [1.82, 2.24) is 24.9 Å². The zero-order valence-electron chi connectivity index (χ0n) is 14.7. The molecule has 0 saturated carbocycles. The van der Waals surface area contributed by atoms with Crippen molar-refractivity contribution >= 4 is 11.7 Å². The Labute approximate surface area is 142 Å². The number of aryl methyl sites for hydroxylation is 1. The highest BCUT2D eigenvalue weighted by atomic mass is 16.2. The van der Waals surface area contributed by atoms with Crippen molar-refractivity contribution in [2.24, 2.45) is 7.05 Å². The number of likely N-dealkylation sites (tertiary alicyclic amines) is 1. The lowest BCUT2D eigenvalue weighted by molar-refractivity contribution is -0.131. The van der Waals surface area contributed by atoms with Crippen LogP contribution in [0.25, 0.3) is 0 Å². The number of amides is 1. The van der Waals surface area contributed by atoms with Crippen molar-refractivity contribution in [2.45, 2.75) is 32.2 Å². The van der Waals surface area contributed by atoms with Gasteiger partial charge in [-0.25, -0.2) is 0 Å². The number of carbonyl (C=O) groups excluding carboxylic acids is 1. The molecule has 1 atom stereocenters. The van der Waals surface area contributed by atoms with Crippen LogP contribution in [0, 0.1) is 6.92 Å². The van der Waals surface area contributed by atoms with Gasteiger partial charge in [-0.05, 0) is 31.9 Å². The lowest BCUT2D eigenvalue weighted by atomic mass is 10.1. The molecule has 0 radical (unpaired) electrons. The topological polar surface area (TPSA) is 67.2 Å². The maximum Gasteiger partial charge on any atom is 0.227 e. The molecule has 1 amide bonds. The smallest absolute Gasteiger partial charge is 0.227 e. The quantitative estimate of drug-likeness (QED) is 0.851. The summed E-state index contributed by atoms with van der Waals surface area (Å²) in [6.07, 6.45) is 4.11. The van der Waals surface area contributed by atoms with Gasteiger partial charge in [0.25, 0.3) is 0 Å². The zero-order valence-corrected chi connectivity index (χ0v) is 14.7. The van der Waals surface area contributed by atoms with E-state index in [0.29, 0.717) is 6.42 Å². The number of aromatic nitrogens is 4. The number of anilines is 1. The highest BCUT2D eigenvalue weighted by molar-refractivity contribution is 5.79. The molecule has 1 unspecified atom stereocenters. The molecule has 2 aromatic rings. The van der Waals surface area contributed by atoms with E-state index < -0.39 is 0 Å². The van der Waals surface area contributed by atoms with Crippen molar-refractivity contribution in [3.05, 3.63) is 35.3 Å². The van der Waals surface area contributed by atoms with Gasteiger partial charge in [0.15, 0.2) is 5.82 Å². The second kappa shape index (κ2) is 6.59. The average molecular weight is 328 g/mol. The van der Waals surface area contributed by atoms with Crippen LogP contribution >= 0.6 is 0 Å². The summed E-state index contributed by atoms with van der Waals surface area (Å²) in [7, 11) is 5.76. The number of nitrogens with zero attached hydrogens (tertiary/aromatic N) is 6. The van der Waals surface area contributed by atoms with E-state index >= 15 is 0 Å². The Bertz CT molecular complexity index is 721. The van der Waals surface area contributed by atoms with Gasteiger partial charge < -0.3 is 9.80 Å². The summed E-state index contributed by atoms with van der Waals surface area (Å²) in [5.41, 5.74) is 2.89. The Morgan fingerprint density at radius 3 is 2.71 bits per heavy atom. The normalized spacial score (nSPS) is 17.3. The van der Waals surface area contributed by atoms with Crippen LogP contribution in [-0.2, 0) is 18.3 Å². The van der Waals surface area contributed by atoms with Crippen molar-refractivity contribution in [2.75, 3.05) is 25.5 Å². The Hall–Kier alpha value is -2.44. The van der Waals surface area contributed by atoms with Gasteiger partial charge in [-0.2, -0.15) is 10.2 Å². The van der Waals surface area contributed by atoms with E-state index in [9.17, 15) is 4.79 Å². The van der Waals surface area contributed by atoms with E-state index in [-0.39, 0.29) is 11.9 Å². The first-order valence-electron chi connectivity index (χ1n) is 8.25. The first-order chi connectivity index (χ1) is 11.5. The highest BCUT2D eigenvalue weighted by Gasteiger charge is 2.31. The number of hydrogen-bond donors (Lipinski definition) is 0. The molecule has 24 heavy (non-hydrogen) atoms. The summed E-state index contributed by atoms with van der Waals surface area (Å²) < 4.78 is 1.80. The Balaban J connectivity index is 1.75. The van der Waals surface area contributed by atoms with Crippen LogP contribution in [0.4, 0.5) is 5.82 Å². The van der Waals surface area contributed by atoms with Crippen LogP contribution in [0.15, 0.2) is 18.3 Å². The minimum atomic E-state index is 0.0261. The van der Waals surface area contributed by atoms with Crippen LogP contribution in [0.3, 0.4) is 0 Å². The van der Waals surface area contributed by atoms with Crippen LogP contribution < -0.4 is 4.90 Å². The fraction of sp³-hybridized carbons (Fsp3) is 0.529. The Morgan fingerprint density at radius 1 is 1.33 bits per heavy atom. The zero-order chi connectivity index (χ0) is 17.3. The van der Waals surface area contributed by atoms with E-state index in [1.54, 1.807) is 10.9 Å². The third kappa shape index (κ3) is 3.11. The second-order valence-corrected chi connectivity index (χ2v) is 6.51. The molecule has 0 bridgehead atoms. The second-order valence-electron chi connectivity index (χ2n) is 6.51. The summed E-state index contributed by atoms with van der Waals surface area (Å²) in [4.78, 5) is 16.6. The van der Waals surface area contributed by atoms with E-state index in [0.717, 1.165) is 42.2 Å². The molecular formula is C17H24N6O. The maximum atomic E-state index is 12.8. The van der Waals surface area contributed by atoms with E-state index in [4.69, 9.17) is 0 Å². The average Bonchev–Trinajstić information content (AvgIpc) is 3.17. The van der Waals surface area contributed by atoms with Gasteiger partial charge in [0.2, 0.25) is 5.91 Å². The maximum absolute atomic E-state index is 12.8. The first-order valence-corrected chi connectivity index (χ1v) is 8.25. The highest BCUT2D eigenvalue weighted by Crippen LogP contribution is 2.31. The predicted octanol–water partition coefficient (Wildman–Crippen LogP) is 1.49. The van der Waals surface area contributed by atoms with Crippen LogP contribution in [0.1, 0.15) is 35.8 Å². The van der Waals surface area contributed by atoms with Gasteiger partial charge in [-0.15, -0.1) is 5.10 Å². The third-order valence-electron chi connectivity index (χ3n) is 4.72. The molecule has 3 heterocycles. The van der Waals surface area contributed by atoms with E-state index in [1.807, 2.05) is 50.0 Å². The fourth-order valence-corrected chi connectivity index (χ4v) is 3.11. The van der Waals surface area contributed by atoms with Crippen molar-refractivity contribution < 1.29 is 4.79 Å². The monoisotopic (exact) mass is 328 g/mol. The molecule has 7 nitrogen and oxygen atoms in total. The van der Waals surface area contributed by atoms with Crippen molar-refractivity contribution in [3.63, 3.8) is 0 Å². The molecule has 7 heteroatoms. The van der Waals surface area contributed by atoms with Crippen LogP contribution in [-0.4, -0.2) is 51.4 Å². The number of rotatable bonds is 4. The van der Waals surface area contributed by atoms with Gasteiger partial charge >= 0.3 is 0 Å². The number of carbonyl (C=O) groups is 1. The molecule has 3 rings (SSSR count). The van der Waals surface area contributed by atoms with Crippen LogP contribution in [0.2, 0.25) is 0 Å². The van der Waals surface area contributed by atoms with Gasteiger partial charge in [-0.1, -0.05) is 0 Å². The summed E-state index contributed by atoms with van der Waals surface area (Å²) in [6, 6.07) is 3.96. The molecule has 2 aromatic heterocycles. The lowest BCUT2D eigenvalue weighted by Crippen LogP contribution is -2.32. The molecule has 128 valence electrons. The fourth-order valence-electron chi connectivity index (χ4n) is 3.11. The Kier molecular flexibility index (Phi) is 4.51. The molecule has 0 spiro atoms. The summed E-state index contributed by atoms with van der Waals surface area (Å²) in [6.45, 7) is 2.77. The minimum Gasteiger partial charge on any atom is -0.361 e. The van der Waals surface area contributed by atoms with Crippen LogP contribution in [0.5, 0.6) is 0 Å². The summed E-state index contributed by atoms with van der Waals surface area (Å²) >= 11 is 0. The molecule has 1 fully saturated rings. The molecule has 1 aliphatic heterocycles. The standard InChI is InChI=1S/C17H24N6O/c1-12-13(11-18-22(12)4)10-17(24)23-9-5-6-15(23)14-7-8-16(20-19-14)21(2)3/h7-8,11,15H,5-6,9-10H2,1-4H3. The SMILES string of the molecule is Cc1c(CC(=O)N2CCCC2c2ccc(N(C)C)nn2)cnn1C. The molecule has 1 aliphatic rings. The van der Waals surface area contributed by atoms with Gasteiger partial charge in [0, 0.05) is 38.9 Å². The minimum absolute atomic E-state index is 0.0261. The first kappa shape index (κ1) is 16.4. The van der Waals surface area contributed by atoms with Crippen molar-refractivity contribution in [1.29, 1.82) is 0 Å². The van der Waals surface area contributed by atoms with Gasteiger partial charge in [0.1, 0.15) is 0 Å². The summed E-state index contributed by atoms with van der Waals surface area (Å²) in [5.74, 6) is 0.952. The third-order valence-corrected chi connectivity index (χ3v) is 4.72. The molecule has 0 aromatic carbocycles. The lowest BCUT2D eigenvalue weighted by Gasteiger charge is -2.24. The largest absolute Gasteiger partial charge is 0.361 e. The van der Waals surface area contributed by atoms with Gasteiger partial charge in [-0.3, -0.25) is 9.48 Å². The molecule has 0 aliphatic carbocycles. The van der Waals surface area contributed by atoms with Crippen molar-refractivity contribution in [3.8, 4) is 0 Å². The Morgan fingerprint density at radius 2 is 2.12 bits per heavy atom. The summed E-state index contributed by atoms with van der Waals surface area (Å²) in [5, 5.41) is 12.8. The predicted molar refractivity (Wildman–Crippen MR) is 91.7 cm³/mol. The van der Waals surface area contributed by atoms with E-state index in [2.05, 4.69) is 15.3 Å².